The van der Waals surface area contributed by atoms with Crippen LogP contribution in [0.2, 0.25) is 0 Å². The van der Waals surface area contributed by atoms with Gasteiger partial charge in [0.25, 0.3) is 0 Å². The number of anilines is 2. The number of hydrogen-bond donors (Lipinski definition) is 2. The van der Waals surface area contributed by atoms with Gasteiger partial charge in [-0.3, -0.25) is 4.99 Å². The third kappa shape index (κ3) is 3.60. The summed E-state index contributed by atoms with van der Waals surface area (Å²) in [5.74, 6) is 0.312. The first-order valence-electron chi connectivity index (χ1n) is 9.06. The lowest BCUT2D eigenvalue weighted by atomic mass is 9.88. The Balaban J connectivity index is 2.00. The Kier molecular flexibility index (Phi) is 5.54. The van der Waals surface area contributed by atoms with E-state index in [0.29, 0.717) is 5.92 Å². The quantitative estimate of drug-likeness (QED) is 0.724. The molecule has 1 atom stereocenters. The van der Waals surface area contributed by atoms with E-state index in [9.17, 15) is 0 Å². The third-order valence-electron chi connectivity index (χ3n) is 4.81. The maximum Gasteiger partial charge on any atom is 0.0506 e. The zero-order chi connectivity index (χ0) is 17.6. The van der Waals surface area contributed by atoms with E-state index in [2.05, 4.69) is 72.2 Å². The summed E-state index contributed by atoms with van der Waals surface area (Å²) in [4.78, 5) is 4.70. The lowest BCUT2D eigenvalue weighted by Crippen LogP contribution is -2.16. The summed E-state index contributed by atoms with van der Waals surface area (Å²) in [6.07, 6.45) is 4.64. The highest BCUT2D eigenvalue weighted by atomic mass is 14.9. The van der Waals surface area contributed by atoms with Crippen molar-refractivity contribution in [1.82, 2.24) is 0 Å². The van der Waals surface area contributed by atoms with Gasteiger partial charge in [0.15, 0.2) is 0 Å². The summed E-state index contributed by atoms with van der Waals surface area (Å²) >= 11 is 0. The summed E-state index contributed by atoms with van der Waals surface area (Å²) in [6.45, 7) is 3.13. The van der Waals surface area contributed by atoms with Crippen molar-refractivity contribution in [2.45, 2.75) is 19.8 Å². The molecule has 0 aromatic heterocycles. The zero-order valence-electron chi connectivity index (χ0n) is 15.3. The topological polar surface area (TPSA) is 36.4 Å². The molecular formula is C22H27N3. The van der Waals surface area contributed by atoms with Crippen molar-refractivity contribution in [3.63, 3.8) is 0 Å². The number of nitrogens with one attached hydrogen (secondary N) is 2. The highest BCUT2D eigenvalue weighted by Crippen LogP contribution is 2.33. The van der Waals surface area contributed by atoms with Gasteiger partial charge in [0.2, 0.25) is 0 Å². The van der Waals surface area contributed by atoms with Crippen LogP contribution < -0.4 is 10.6 Å². The molecule has 1 heterocycles. The molecule has 0 bridgehead atoms. The molecule has 0 saturated heterocycles. The summed E-state index contributed by atoms with van der Waals surface area (Å²) in [6, 6.07) is 17.0. The number of hydrogen-bond acceptors (Lipinski definition) is 3. The molecule has 0 radical (unpaired) electrons. The average Bonchev–Trinajstić information content (AvgIpc) is 3.06. The Bertz CT molecular complexity index is 789. The van der Waals surface area contributed by atoms with Crippen LogP contribution >= 0.6 is 0 Å². The molecule has 1 aliphatic heterocycles. The second kappa shape index (κ2) is 8.02. The van der Waals surface area contributed by atoms with E-state index in [0.717, 1.165) is 30.8 Å². The van der Waals surface area contributed by atoms with E-state index in [-0.39, 0.29) is 0 Å². The van der Waals surface area contributed by atoms with Crippen LogP contribution in [-0.2, 0) is 0 Å². The van der Waals surface area contributed by atoms with Gasteiger partial charge in [0, 0.05) is 49.1 Å². The lowest BCUT2D eigenvalue weighted by Gasteiger charge is -2.19. The van der Waals surface area contributed by atoms with Gasteiger partial charge in [-0.05, 0) is 24.1 Å². The van der Waals surface area contributed by atoms with Gasteiger partial charge < -0.3 is 10.6 Å². The van der Waals surface area contributed by atoms with Crippen LogP contribution in [0, 0.1) is 5.92 Å². The average molecular weight is 333 g/mol. The van der Waals surface area contributed by atoms with E-state index in [4.69, 9.17) is 4.99 Å². The van der Waals surface area contributed by atoms with Gasteiger partial charge >= 0.3 is 0 Å². The minimum absolute atomic E-state index is 0.312. The highest BCUT2D eigenvalue weighted by molar-refractivity contribution is 6.08. The molecule has 0 aliphatic carbocycles. The summed E-state index contributed by atoms with van der Waals surface area (Å²) in [7, 11) is 3.88. The number of para-hydroxylation sites is 2. The van der Waals surface area contributed by atoms with Crippen molar-refractivity contribution in [3.05, 3.63) is 65.7 Å². The molecule has 3 heteroatoms. The maximum atomic E-state index is 4.70. The van der Waals surface area contributed by atoms with Crippen LogP contribution in [0.1, 0.15) is 30.9 Å². The summed E-state index contributed by atoms with van der Waals surface area (Å²) in [5, 5.41) is 6.80. The second-order valence-electron chi connectivity index (χ2n) is 6.39. The SMILES string of the molecule is CCCC(/C=C1\CNc2ccccc21)C(=NC)c1ccccc1NC. The van der Waals surface area contributed by atoms with Crippen LogP contribution in [0.5, 0.6) is 0 Å². The Morgan fingerprint density at radius 3 is 2.72 bits per heavy atom. The summed E-state index contributed by atoms with van der Waals surface area (Å²) in [5.41, 5.74) is 7.41. The fourth-order valence-corrected chi connectivity index (χ4v) is 3.61. The second-order valence-corrected chi connectivity index (χ2v) is 6.39. The molecule has 0 fully saturated rings. The van der Waals surface area contributed by atoms with E-state index >= 15 is 0 Å². The Morgan fingerprint density at radius 2 is 1.96 bits per heavy atom. The number of nitrogens with zero attached hydrogens (tertiary/aromatic N) is 1. The standard InChI is InChI=1S/C22H27N3/c1-4-9-16(14-17-15-25-21-13-8-5-10-18(17)21)22(24-3)19-11-6-7-12-20(19)23-2/h5-8,10-14,16,23,25H,4,9,15H2,1-3H3/b17-14+,24-22?. The van der Waals surface area contributed by atoms with Gasteiger partial charge in [-0.25, -0.2) is 0 Å². The molecule has 25 heavy (non-hydrogen) atoms. The molecule has 0 amide bonds. The number of fused-ring (bicyclic) bond motifs is 1. The Hall–Kier alpha value is -2.55. The molecule has 2 aromatic carbocycles. The number of allylic oxidation sites excluding steroid dienone is 1. The van der Waals surface area contributed by atoms with Gasteiger partial charge in [-0.1, -0.05) is 55.8 Å². The molecule has 2 N–H and O–H groups in total. The summed E-state index contributed by atoms with van der Waals surface area (Å²) < 4.78 is 0. The van der Waals surface area contributed by atoms with Crippen molar-refractivity contribution in [1.29, 1.82) is 0 Å². The Labute approximate surface area is 150 Å². The zero-order valence-corrected chi connectivity index (χ0v) is 15.3. The van der Waals surface area contributed by atoms with Crippen LogP contribution in [0.15, 0.2) is 59.6 Å². The molecule has 1 aliphatic rings. The molecule has 130 valence electrons. The van der Waals surface area contributed by atoms with Gasteiger partial charge in [0.05, 0.1) is 5.71 Å². The minimum atomic E-state index is 0.312. The first-order chi connectivity index (χ1) is 12.3. The number of benzene rings is 2. The fourth-order valence-electron chi connectivity index (χ4n) is 3.61. The lowest BCUT2D eigenvalue weighted by molar-refractivity contribution is 0.721. The maximum absolute atomic E-state index is 4.70. The molecule has 2 aromatic rings. The predicted molar refractivity (Wildman–Crippen MR) is 110 cm³/mol. The monoisotopic (exact) mass is 333 g/mol. The fraction of sp³-hybridized carbons (Fsp3) is 0.318. The van der Waals surface area contributed by atoms with Crippen LogP contribution in [0.3, 0.4) is 0 Å². The molecule has 3 nitrogen and oxygen atoms in total. The normalized spacial score (nSPS) is 16.4. The van der Waals surface area contributed by atoms with E-state index in [1.165, 1.54) is 22.4 Å². The van der Waals surface area contributed by atoms with E-state index < -0.39 is 0 Å². The van der Waals surface area contributed by atoms with Gasteiger partial charge in [-0.15, -0.1) is 0 Å². The van der Waals surface area contributed by atoms with Crippen LogP contribution in [-0.4, -0.2) is 26.4 Å². The molecular weight excluding hydrogens is 306 g/mol. The van der Waals surface area contributed by atoms with Crippen molar-refractivity contribution >= 4 is 22.7 Å². The van der Waals surface area contributed by atoms with Crippen molar-refractivity contribution in [2.24, 2.45) is 10.9 Å². The van der Waals surface area contributed by atoms with E-state index in [1.54, 1.807) is 0 Å². The van der Waals surface area contributed by atoms with Crippen LogP contribution in [0.25, 0.3) is 5.57 Å². The largest absolute Gasteiger partial charge is 0.388 e. The third-order valence-corrected chi connectivity index (χ3v) is 4.81. The molecule has 3 rings (SSSR count). The molecule has 1 unspecified atom stereocenters. The molecule has 0 saturated carbocycles. The van der Waals surface area contributed by atoms with Crippen molar-refractivity contribution in [3.8, 4) is 0 Å². The number of rotatable bonds is 6. The van der Waals surface area contributed by atoms with Gasteiger partial charge in [-0.2, -0.15) is 0 Å². The first-order valence-corrected chi connectivity index (χ1v) is 9.06. The minimum Gasteiger partial charge on any atom is -0.388 e. The Morgan fingerprint density at radius 1 is 1.20 bits per heavy atom. The molecule has 0 spiro atoms. The predicted octanol–water partition coefficient (Wildman–Crippen LogP) is 5.07. The van der Waals surface area contributed by atoms with E-state index in [1.807, 2.05) is 14.1 Å². The van der Waals surface area contributed by atoms with Gasteiger partial charge in [0.1, 0.15) is 0 Å². The first kappa shape index (κ1) is 17.3. The smallest absolute Gasteiger partial charge is 0.0506 e. The van der Waals surface area contributed by atoms with Crippen molar-refractivity contribution < 1.29 is 0 Å². The highest BCUT2D eigenvalue weighted by Gasteiger charge is 2.21. The van der Waals surface area contributed by atoms with Crippen molar-refractivity contribution in [2.75, 3.05) is 31.3 Å². The number of aliphatic imine (C=N–C) groups is 1. The van der Waals surface area contributed by atoms with Crippen LogP contribution in [0.4, 0.5) is 11.4 Å².